The average Bonchev–Trinajstić information content (AvgIpc) is 3.34. The number of aromatic nitrogens is 1. The van der Waals surface area contributed by atoms with E-state index in [4.69, 9.17) is 9.47 Å². The molecule has 6 heteroatoms. The maximum Gasteiger partial charge on any atom is 0.266 e. The van der Waals surface area contributed by atoms with Crippen LogP contribution in [0.15, 0.2) is 24.3 Å². The lowest BCUT2D eigenvalue weighted by Crippen LogP contribution is -2.47. The van der Waals surface area contributed by atoms with Gasteiger partial charge in [0.15, 0.2) is 0 Å². The van der Waals surface area contributed by atoms with E-state index in [1.165, 1.54) is 17.8 Å². The summed E-state index contributed by atoms with van der Waals surface area (Å²) >= 11 is 1.50. The van der Waals surface area contributed by atoms with Gasteiger partial charge in [0, 0.05) is 6.04 Å². The van der Waals surface area contributed by atoms with Crippen molar-refractivity contribution in [3.63, 3.8) is 0 Å². The minimum atomic E-state index is 0.128. The summed E-state index contributed by atoms with van der Waals surface area (Å²) in [6.07, 6.45) is 3.39. The number of hydrogen-bond donors (Lipinski definition) is 0. The van der Waals surface area contributed by atoms with E-state index in [2.05, 4.69) is 9.88 Å². The van der Waals surface area contributed by atoms with Gasteiger partial charge in [0.2, 0.25) is 0 Å². The van der Waals surface area contributed by atoms with Crippen LogP contribution in [0.3, 0.4) is 0 Å². The molecule has 2 fully saturated rings. The summed E-state index contributed by atoms with van der Waals surface area (Å²) in [7, 11) is 1.65. The molecule has 0 unspecified atom stereocenters. The third kappa shape index (κ3) is 3.07. The van der Waals surface area contributed by atoms with Gasteiger partial charge < -0.3 is 14.4 Å². The number of piperidine rings is 1. The molecular formula is C20H24N2O3S. The highest BCUT2D eigenvalue weighted by Gasteiger charge is 2.49. The lowest BCUT2D eigenvalue weighted by Gasteiger charge is -2.35. The van der Waals surface area contributed by atoms with Crippen LogP contribution in [0.5, 0.6) is 11.5 Å². The molecule has 0 radical (unpaired) electrons. The number of benzene rings is 1. The quantitative estimate of drug-likeness (QED) is 0.800. The van der Waals surface area contributed by atoms with Crippen LogP contribution in [0.25, 0.3) is 0 Å². The van der Waals surface area contributed by atoms with Gasteiger partial charge in [0.1, 0.15) is 23.0 Å². The van der Waals surface area contributed by atoms with E-state index in [1.807, 2.05) is 38.1 Å². The van der Waals surface area contributed by atoms with Gasteiger partial charge in [-0.05, 0) is 63.3 Å². The third-order valence-electron chi connectivity index (χ3n) is 5.55. The van der Waals surface area contributed by atoms with E-state index in [1.54, 1.807) is 7.11 Å². The summed E-state index contributed by atoms with van der Waals surface area (Å²) in [6.45, 7) is 4.42. The van der Waals surface area contributed by atoms with Gasteiger partial charge in [-0.1, -0.05) is 0 Å². The standard InChI is InChI=1S/C20H24N2O3S/c1-12-19(26-13(2)21-12)20(23)22-15-5-4-14(10-15)18(22)11-25-17-8-6-16(24-3)7-9-17/h6-9,14-15,18H,4-5,10-11H2,1-3H3/t14-,15+,18+/m0/s1. The summed E-state index contributed by atoms with van der Waals surface area (Å²) < 4.78 is 11.2. The van der Waals surface area contributed by atoms with E-state index in [0.717, 1.165) is 39.9 Å². The molecular weight excluding hydrogens is 348 g/mol. The lowest BCUT2D eigenvalue weighted by atomic mass is 9.99. The molecule has 1 aromatic heterocycles. The molecule has 0 spiro atoms. The van der Waals surface area contributed by atoms with Crippen molar-refractivity contribution in [3.8, 4) is 11.5 Å². The Labute approximate surface area is 157 Å². The normalized spacial score (nSPS) is 24.1. The van der Waals surface area contributed by atoms with Crippen molar-refractivity contribution in [3.05, 3.63) is 39.8 Å². The Morgan fingerprint density at radius 3 is 2.62 bits per heavy atom. The largest absolute Gasteiger partial charge is 0.497 e. The number of thiazole rings is 1. The van der Waals surface area contributed by atoms with Crippen LogP contribution in [-0.2, 0) is 0 Å². The predicted molar refractivity (Wildman–Crippen MR) is 101 cm³/mol. The first-order valence-corrected chi connectivity index (χ1v) is 9.92. The van der Waals surface area contributed by atoms with Crippen LogP contribution in [-0.4, -0.2) is 41.6 Å². The maximum absolute atomic E-state index is 13.2. The molecule has 1 aliphatic heterocycles. The average molecular weight is 372 g/mol. The molecule has 1 aromatic carbocycles. The molecule has 0 N–H and O–H groups in total. The summed E-state index contributed by atoms with van der Waals surface area (Å²) in [5.41, 5.74) is 0.843. The van der Waals surface area contributed by atoms with Gasteiger partial charge in [-0.15, -0.1) is 11.3 Å². The topological polar surface area (TPSA) is 51.7 Å². The minimum absolute atomic E-state index is 0.128. The van der Waals surface area contributed by atoms with Crippen molar-refractivity contribution >= 4 is 17.2 Å². The Kier molecular flexibility index (Phi) is 4.61. The van der Waals surface area contributed by atoms with E-state index in [0.29, 0.717) is 18.6 Å². The van der Waals surface area contributed by atoms with Crippen LogP contribution < -0.4 is 9.47 Å². The molecule has 2 aromatic rings. The van der Waals surface area contributed by atoms with Gasteiger partial charge in [-0.25, -0.2) is 4.98 Å². The highest BCUT2D eigenvalue weighted by atomic mass is 32.1. The Morgan fingerprint density at radius 2 is 1.96 bits per heavy atom. The summed E-state index contributed by atoms with van der Waals surface area (Å²) in [5.74, 6) is 2.29. The summed E-state index contributed by atoms with van der Waals surface area (Å²) in [4.78, 5) is 20.5. The van der Waals surface area contributed by atoms with Crippen LogP contribution in [0.4, 0.5) is 0 Å². The SMILES string of the molecule is COc1ccc(OC[C@@H]2[C@H]3CC[C@H](C3)N2C(=O)c2sc(C)nc2C)cc1. The van der Waals surface area contributed by atoms with E-state index in [9.17, 15) is 4.79 Å². The van der Waals surface area contributed by atoms with Crippen LogP contribution in [0.1, 0.15) is 39.6 Å². The van der Waals surface area contributed by atoms with Crippen molar-refractivity contribution in [2.24, 2.45) is 5.92 Å². The monoisotopic (exact) mass is 372 g/mol. The zero-order chi connectivity index (χ0) is 18.3. The second-order valence-electron chi connectivity index (χ2n) is 7.14. The molecule has 5 nitrogen and oxygen atoms in total. The second kappa shape index (κ2) is 6.91. The van der Waals surface area contributed by atoms with Gasteiger partial charge in [-0.3, -0.25) is 4.79 Å². The van der Waals surface area contributed by atoms with E-state index >= 15 is 0 Å². The van der Waals surface area contributed by atoms with Gasteiger partial charge >= 0.3 is 0 Å². The van der Waals surface area contributed by atoms with Crippen LogP contribution >= 0.6 is 11.3 Å². The number of carbonyl (C=O) groups is 1. The van der Waals surface area contributed by atoms with Gasteiger partial charge in [0.05, 0.1) is 23.9 Å². The number of ether oxygens (including phenoxy) is 2. The first-order valence-electron chi connectivity index (χ1n) is 9.10. The molecule has 1 aliphatic carbocycles. The van der Waals surface area contributed by atoms with Gasteiger partial charge in [-0.2, -0.15) is 0 Å². The number of likely N-dealkylation sites (tertiary alicyclic amines) is 1. The molecule has 138 valence electrons. The lowest BCUT2D eigenvalue weighted by molar-refractivity contribution is 0.0509. The van der Waals surface area contributed by atoms with Crippen LogP contribution in [0, 0.1) is 19.8 Å². The fraction of sp³-hybridized carbons (Fsp3) is 0.500. The zero-order valence-electron chi connectivity index (χ0n) is 15.4. The molecule has 1 saturated carbocycles. The Morgan fingerprint density at radius 1 is 1.23 bits per heavy atom. The Balaban J connectivity index is 1.50. The second-order valence-corrected chi connectivity index (χ2v) is 8.34. The predicted octanol–water partition coefficient (Wildman–Crippen LogP) is 3.84. The first kappa shape index (κ1) is 17.3. The molecule has 3 atom stereocenters. The van der Waals surface area contributed by atoms with Crippen molar-refractivity contribution in [2.45, 2.75) is 45.2 Å². The van der Waals surface area contributed by atoms with Gasteiger partial charge in [0.25, 0.3) is 5.91 Å². The molecule has 26 heavy (non-hydrogen) atoms. The fourth-order valence-electron chi connectivity index (χ4n) is 4.33. The van der Waals surface area contributed by atoms with E-state index in [-0.39, 0.29) is 11.9 Å². The molecule has 1 amide bonds. The van der Waals surface area contributed by atoms with Crippen LogP contribution in [0.2, 0.25) is 0 Å². The number of nitrogens with zero attached hydrogens (tertiary/aromatic N) is 2. The molecule has 2 bridgehead atoms. The number of fused-ring (bicyclic) bond motifs is 2. The highest BCUT2D eigenvalue weighted by molar-refractivity contribution is 7.13. The Bertz CT molecular complexity index is 802. The Hall–Kier alpha value is -2.08. The third-order valence-corrected chi connectivity index (χ3v) is 6.61. The number of rotatable bonds is 5. The first-order chi connectivity index (χ1) is 12.6. The van der Waals surface area contributed by atoms with Crippen molar-refractivity contribution < 1.29 is 14.3 Å². The number of methoxy groups -OCH3 is 1. The number of aryl methyl sites for hydroxylation is 2. The molecule has 2 aliphatic rings. The summed E-state index contributed by atoms with van der Waals surface area (Å²) in [5, 5.41) is 0.946. The highest BCUT2D eigenvalue weighted by Crippen LogP contribution is 2.43. The summed E-state index contributed by atoms with van der Waals surface area (Å²) in [6, 6.07) is 8.10. The fourth-order valence-corrected chi connectivity index (χ4v) is 5.19. The van der Waals surface area contributed by atoms with Crippen molar-refractivity contribution in [1.29, 1.82) is 0 Å². The number of carbonyl (C=O) groups excluding carboxylic acids is 1. The molecule has 2 heterocycles. The maximum atomic E-state index is 13.2. The van der Waals surface area contributed by atoms with Crippen molar-refractivity contribution in [1.82, 2.24) is 9.88 Å². The minimum Gasteiger partial charge on any atom is -0.497 e. The smallest absolute Gasteiger partial charge is 0.266 e. The molecule has 4 rings (SSSR count). The van der Waals surface area contributed by atoms with E-state index < -0.39 is 0 Å². The van der Waals surface area contributed by atoms with Crippen molar-refractivity contribution in [2.75, 3.05) is 13.7 Å². The molecule has 1 saturated heterocycles. The number of hydrogen-bond acceptors (Lipinski definition) is 5. The zero-order valence-corrected chi connectivity index (χ0v) is 16.2. The number of amides is 1.